The topological polar surface area (TPSA) is 0 Å². The Morgan fingerprint density at radius 3 is 1.27 bits per heavy atom. The molecular formula is C58H56Cl2F6Zr. The van der Waals surface area contributed by atoms with E-state index in [0.29, 0.717) is 11.1 Å². The first-order chi connectivity index (χ1) is 30.5. The average Bonchev–Trinajstić information content (AvgIpc) is 3.78. The molecule has 348 valence electrons. The molecule has 6 aromatic carbocycles. The van der Waals surface area contributed by atoms with Crippen LogP contribution in [0.3, 0.4) is 0 Å². The number of benzene rings is 6. The summed E-state index contributed by atoms with van der Waals surface area (Å²) in [6.45, 7) is 21.6. The maximum absolute atomic E-state index is 14.3. The standard InChI is InChI=1S/C31H29.C15H8F6.C12H19.2ClH.Zr/c1-18-11-20(3)30(21(4)12-18)24-7-9-28-26(15-24)17-27-16-25(8-10-29(27)28)31-22(5)13-19(2)14-23(31)6;16-14(17,18)12-5-1-10(2-6-12)9-11-3-7-13(8-4-11)15(19,20)21;1-5-6-10-7-8-11(9-10)12(2,3)4;;;/h7-17H,1-6H3;1-8H;8-10H,5-6H2,1-4H3;2*1H;/q;;;;;+2/p-2. The Balaban J connectivity index is 0.00000370. The molecule has 0 saturated carbocycles. The normalized spacial score (nSPS) is 14.6. The third kappa shape index (κ3) is 10.2. The molecule has 0 nitrogen and oxygen atoms in total. The van der Waals surface area contributed by atoms with E-state index in [2.05, 4.69) is 142 Å². The van der Waals surface area contributed by atoms with Crippen LogP contribution in [0.5, 0.6) is 0 Å². The zero-order chi connectivity index (χ0) is 46.9. The SMILES string of the molecule is CCCC1C=C(C(C)(C)C)C=[C]1[Zr+2](=[C](c1ccc(C(F)(F)F)cc1)c1ccc(C(F)(F)F)cc1)[CH]1c2cc(-c3c(C)cc(C)cc3C)ccc2-c2ccc(-c3c(C)cc(C)cc3C)cc21.[Cl-].[Cl-]. The smallest absolute Gasteiger partial charge is 1.00 e. The largest absolute Gasteiger partial charge is 1.00 e. The van der Waals surface area contributed by atoms with Gasteiger partial charge in [0, 0.05) is 0 Å². The van der Waals surface area contributed by atoms with Gasteiger partial charge in [-0.15, -0.1) is 0 Å². The summed E-state index contributed by atoms with van der Waals surface area (Å²) in [5, 5.41) is 0. The van der Waals surface area contributed by atoms with Crippen LogP contribution in [-0.4, -0.2) is 3.21 Å². The summed E-state index contributed by atoms with van der Waals surface area (Å²) in [5.74, 6) is 0.0598. The molecule has 2 aliphatic rings. The first-order valence-corrected chi connectivity index (χ1v) is 26.4. The van der Waals surface area contributed by atoms with Gasteiger partial charge >= 0.3 is 391 Å². The number of hydrogen-bond acceptors (Lipinski definition) is 0. The summed E-state index contributed by atoms with van der Waals surface area (Å²) in [6, 6.07) is 33.2. The minimum atomic E-state index is -4.56. The van der Waals surface area contributed by atoms with Crippen LogP contribution in [0.4, 0.5) is 26.3 Å². The van der Waals surface area contributed by atoms with Crippen LogP contribution in [0.25, 0.3) is 33.4 Å². The van der Waals surface area contributed by atoms with E-state index >= 15 is 0 Å². The number of hydrogen-bond donors (Lipinski definition) is 0. The molecule has 1 unspecified atom stereocenters. The van der Waals surface area contributed by atoms with Gasteiger partial charge in [0.2, 0.25) is 0 Å². The fourth-order valence-electron chi connectivity index (χ4n) is 10.7. The minimum Gasteiger partial charge on any atom is -1.00 e. The summed E-state index contributed by atoms with van der Waals surface area (Å²) in [6.07, 6.45) is -2.55. The molecule has 0 aliphatic heterocycles. The number of allylic oxidation sites excluding steroid dienone is 4. The Labute approximate surface area is 412 Å². The molecule has 0 saturated heterocycles. The third-order valence-electron chi connectivity index (χ3n) is 13.4. The Hall–Kier alpha value is -4.29. The van der Waals surface area contributed by atoms with Gasteiger partial charge in [-0.2, -0.15) is 0 Å². The maximum atomic E-state index is 14.3. The van der Waals surface area contributed by atoms with Gasteiger partial charge in [-0.1, -0.05) is 0 Å². The van der Waals surface area contributed by atoms with Crippen molar-refractivity contribution in [1.82, 2.24) is 0 Å². The van der Waals surface area contributed by atoms with Gasteiger partial charge in [0.25, 0.3) is 0 Å². The van der Waals surface area contributed by atoms with Gasteiger partial charge in [0.05, 0.1) is 0 Å². The van der Waals surface area contributed by atoms with Crippen molar-refractivity contribution in [3.63, 3.8) is 0 Å². The molecular weight excluding hydrogens is 973 g/mol. The van der Waals surface area contributed by atoms with Crippen molar-refractivity contribution in [2.45, 2.75) is 98.1 Å². The van der Waals surface area contributed by atoms with Crippen LogP contribution >= 0.6 is 0 Å². The Morgan fingerprint density at radius 1 is 0.537 bits per heavy atom. The fourth-order valence-corrected chi connectivity index (χ4v) is 20.3. The zero-order valence-electron chi connectivity index (χ0n) is 39.6. The fraction of sp³-hybridized carbons (Fsp3) is 0.293. The van der Waals surface area contributed by atoms with Crippen molar-refractivity contribution < 1.29 is 72.4 Å². The van der Waals surface area contributed by atoms with Crippen LogP contribution in [-0.2, 0) is 33.6 Å². The molecule has 9 heteroatoms. The van der Waals surface area contributed by atoms with E-state index in [1.807, 2.05) is 0 Å². The van der Waals surface area contributed by atoms with Gasteiger partial charge in [-0.05, 0) is 0 Å². The van der Waals surface area contributed by atoms with Crippen molar-refractivity contribution in [2.24, 2.45) is 11.3 Å². The first-order valence-electron chi connectivity index (χ1n) is 22.5. The Bertz CT molecular complexity index is 2730. The van der Waals surface area contributed by atoms with Gasteiger partial charge in [0.15, 0.2) is 0 Å². The van der Waals surface area contributed by atoms with E-state index < -0.39 is 44.7 Å². The zero-order valence-corrected chi connectivity index (χ0v) is 43.6. The summed E-state index contributed by atoms with van der Waals surface area (Å²) in [7, 11) is 0. The Kier molecular flexibility index (Phi) is 15.2. The second-order valence-electron chi connectivity index (χ2n) is 19.4. The van der Waals surface area contributed by atoms with Gasteiger partial charge in [-0.25, -0.2) is 0 Å². The van der Waals surface area contributed by atoms with Crippen LogP contribution in [0.1, 0.15) is 111 Å². The molecule has 0 aromatic heterocycles. The molecule has 6 aromatic rings. The predicted octanol–water partition coefficient (Wildman–Crippen LogP) is 11.2. The number of fused-ring (bicyclic) bond motifs is 3. The quantitative estimate of drug-likeness (QED) is 0.133. The molecule has 0 heterocycles. The molecule has 0 bridgehead atoms. The van der Waals surface area contributed by atoms with Gasteiger partial charge in [-0.3, -0.25) is 0 Å². The predicted molar refractivity (Wildman–Crippen MR) is 253 cm³/mol. The van der Waals surface area contributed by atoms with E-state index in [9.17, 15) is 26.3 Å². The first kappa shape index (κ1) is 52.1. The maximum Gasteiger partial charge on any atom is -1.00 e. The summed E-state index contributed by atoms with van der Waals surface area (Å²) < 4.78 is 87.6. The monoisotopic (exact) mass is 1030 g/mol. The van der Waals surface area contributed by atoms with Crippen molar-refractivity contribution in [1.29, 1.82) is 0 Å². The molecule has 0 radical (unpaired) electrons. The van der Waals surface area contributed by atoms with Crippen LogP contribution in [0.2, 0.25) is 0 Å². The third-order valence-corrected chi connectivity index (χ3v) is 21.9. The van der Waals surface area contributed by atoms with E-state index in [4.69, 9.17) is 0 Å². The summed E-state index contributed by atoms with van der Waals surface area (Å²) in [5.41, 5.74) is 16.8. The molecule has 8 rings (SSSR count). The minimum absolute atomic E-state index is 0. The second kappa shape index (κ2) is 19.6. The van der Waals surface area contributed by atoms with Crippen molar-refractivity contribution >= 4 is 3.21 Å². The van der Waals surface area contributed by atoms with E-state index in [-0.39, 0.29) is 39.8 Å². The summed E-state index contributed by atoms with van der Waals surface area (Å²) >= 11 is -3.79. The molecule has 2 aliphatic carbocycles. The molecule has 0 spiro atoms. The van der Waals surface area contributed by atoms with Gasteiger partial charge in [0.1, 0.15) is 0 Å². The van der Waals surface area contributed by atoms with E-state index in [1.54, 1.807) is 24.3 Å². The molecule has 0 amide bonds. The number of aryl methyl sites for hydroxylation is 6. The van der Waals surface area contributed by atoms with Crippen LogP contribution in [0.15, 0.2) is 130 Å². The number of halogens is 8. The second-order valence-corrected chi connectivity index (χ2v) is 25.5. The van der Waals surface area contributed by atoms with Crippen molar-refractivity contribution in [3.05, 3.63) is 197 Å². The van der Waals surface area contributed by atoms with Crippen LogP contribution < -0.4 is 24.8 Å². The summed E-state index contributed by atoms with van der Waals surface area (Å²) in [4.78, 5) is 0. The van der Waals surface area contributed by atoms with E-state index in [0.717, 1.165) is 73.7 Å². The van der Waals surface area contributed by atoms with Crippen LogP contribution in [0, 0.1) is 52.9 Å². The van der Waals surface area contributed by atoms with Gasteiger partial charge < -0.3 is 24.8 Å². The number of alkyl halides is 6. The van der Waals surface area contributed by atoms with Crippen molar-refractivity contribution in [3.8, 4) is 33.4 Å². The molecule has 0 N–H and O–H groups in total. The Morgan fingerprint density at radius 2 is 0.925 bits per heavy atom. The molecule has 0 fully saturated rings. The van der Waals surface area contributed by atoms with Crippen molar-refractivity contribution in [2.75, 3.05) is 0 Å². The van der Waals surface area contributed by atoms with E-state index in [1.165, 1.54) is 53.4 Å². The average molecular weight is 1030 g/mol. The number of rotatable bonds is 8. The molecule has 1 atom stereocenters. The molecule has 67 heavy (non-hydrogen) atoms.